The molecule has 1 saturated heterocycles. The van der Waals surface area contributed by atoms with Gasteiger partial charge in [-0.1, -0.05) is 22.0 Å². The molecule has 2 unspecified atom stereocenters. The summed E-state index contributed by atoms with van der Waals surface area (Å²) in [4.78, 5) is 0.340. The third kappa shape index (κ3) is 3.72. The van der Waals surface area contributed by atoms with Crippen molar-refractivity contribution in [2.24, 2.45) is 0 Å². The van der Waals surface area contributed by atoms with Crippen LogP contribution in [0, 0.1) is 0 Å². The van der Waals surface area contributed by atoms with E-state index in [-0.39, 0.29) is 0 Å². The first-order valence-corrected chi connectivity index (χ1v) is 8.09. The Balaban J connectivity index is 2.01. The molecule has 18 heavy (non-hydrogen) atoms. The van der Waals surface area contributed by atoms with Crippen molar-refractivity contribution in [3.8, 4) is 5.75 Å². The second-order valence-electron chi connectivity index (χ2n) is 4.46. The van der Waals surface area contributed by atoms with E-state index in [0.29, 0.717) is 17.5 Å². The van der Waals surface area contributed by atoms with Crippen molar-refractivity contribution in [2.45, 2.75) is 37.1 Å². The van der Waals surface area contributed by atoms with Crippen LogP contribution in [0.1, 0.15) is 36.6 Å². The van der Waals surface area contributed by atoms with Crippen LogP contribution in [0.5, 0.6) is 5.75 Å². The molecule has 0 N–H and O–H groups in total. The van der Waals surface area contributed by atoms with Gasteiger partial charge in [-0.15, -0.1) is 0 Å². The standard InChI is InChI=1S/C14H18Br2O2/c1-2-17-14-6-5-10(8-13(14)16)12(15)9-11-4-3-7-18-11/h5-6,8,11-12H,2-4,7,9H2,1H3. The number of ether oxygens (including phenoxy) is 2. The zero-order valence-corrected chi connectivity index (χ0v) is 13.7. The van der Waals surface area contributed by atoms with Crippen molar-refractivity contribution in [1.29, 1.82) is 0 Å². The van der Waals surface area contributed by atoms with Crippen molar-refractivity contribution >= 4 is 31.9 Å². The monoisotopic (exact) mass is 376 g/mol. The highest BCUT2D eigenvalue weighted by Gasteiger charge is 2.20. The Morgan fingerprint density at radius 1 is 1.50 bits per heavy atom. The molecule has 0 radical (unpaired) electrons. The summed E-state index contributed by atoms with van der Waals surface area (Å²) in [6.07, 6.45) is 3.80. The molecule has 2 atom stereocenters. The molecule has 2 rings (SSSR count). The highest BCUT2D eigenvalue weighted by Crippen LogP contribution is 2.35. The molecular weight excluding hydrogens is 360 g/mol. The molecule has 0 amide bonds. The number of alkyl halides is 1. The van der Waals surface area contributed by atoms with Crippen LogP contribution >= 0.6 is 31.9 Å². The molecule has 0 aliphatic carbocycles. The quantitative estimate of drug-likeness (QED) is 0.682. The highest BCUT2D eigenvalue weighted by atomic mass is 79.9. The summed E-state index contributed by atoms with van der Waals surface area (Å²) in [6, 6.07) is 6.26. The molecule has 1 aromatic carbocycles. The Labute approximate surface area is 125 Å². The molecule has 0 aromatic heterocycles. The predicted octanol–water partition coefficient (Wildman–Crippen LogP) is 4.85. The second-order valence-corrected chi connectivity index (χ2v) is 6.42. The molecule has 1 aliphatic rings. The van der Waals surface area contributed by atoms with Gasteiger partial charge in [0.25, 0.3) is 0 Å². The van der Waals surface area contributed by atoms with Crippen molar-refractivity contribution in [1.82, 2.24) is 0 Å². The Morgan fingerprint density at radius 2 is 2.33 bits per heavy atom. The van der Waals surface area contributed by atoms with Crippen molar-refractivity contribution in [2.75, 3.05) is 13.2 Å². The lowest BCUT2D eigenvalue weighted by Gasteiger charge is -2.16. The molecule has 0 spiro atoms. The first-order chi connectivity index (χ1) is 8.70. The minimum absolute atomic E-state index is 0.340. The van der Waals surface area contributed by atoms with E-state index in [1.165, 1.54) is 18.4 Å². The van der Waals surface area contributed by atoms with Gasteiger partial charge < -0.3 is 9.47 Å². The van der Waals surface area contributed by atoms with Crippen LogP contribution in [0.3, 0.4) is 0 Å². The lowest BCUT2D eigenvalue weighted by Crippen LogP contribution is -2.08. The van der Waals surface area contributed by atoms with Crippen LogP contribution in [0.15, 0.2) is 22.7 Å². The van der Waals surface area contributed by atoms with Gasteiger partial charge in [0.2, 0.25) is 0 Å². The number of rotatable bonds is 5. The zero-order valence-electron chi connectivity index (χ0n) is 10.5. The van der Waals surface area contributed by atoms with Gasteiger partial charge in [0, 0.05) is 11.4 Å². The van der Waals surface area contributed by atoms with Gasteiger partial charge in [-0.2, -0.15) is 0 Å². The molecule has 1 fully saturated rings. The van der Waals surface area contributed by atoms with Crippen molar-refractivity contribution in [3.63, 3.8) is 0 Å². The van der Waals surface area contributed by atoms with Gasteiger partial charge in [0.1, 0.15) is 5.75 Å². The molecule has 1 aromatic rings. The number of hydrogen-bond donors (Lipinski definition) is 0. The Kier molecular flexibility index (Phi) is 5.52. The highest BCUT2D eigenvalue weighted by molar-refractivity contribution is 9.10. The topological polar surface area (TPSA) is 18.5 Å². The van der Waals surface area contributed by atoms with E-state index in [4.69, 9.17) is 9.47 Å². The lowest BCUT2D eigenvalue weighted by atomic mass is 10.0. The van der Waals surface area contributed by atoms with Crippen LogP contribution in [-0.2, 0) is 4.74 Å². The van der Waals surface area contributed by atoms with Crippen LogP contribution in [-0.4, -0.2) is 19.3 Å². The largest absolute Gasteiger partial charge is 0.493 e. The van der Waals surface area contributed by atoms with E-state index >= 15 is 0 Å². The summed E-state index contributed by atoms with van der Waals surface area (Å²) in [6.45, 7) is 3.59. The SMILES string of the molecule is CCOc1ccc(C(Br)CC2CCCO2)cc1Br. The smallest absolute Gasteiger partial charge is 0.133 e. The molecular formula is C14H18Br2O2. The predicted molar refractivity (Wildman–Crippen MR) is 80.6 cm³/mol. The van der Waals surface area contributed by atoms with Crippen molar-refractivity contribution < 1.29 is 9.47 Å². The first-order valence-electron chi connectivity index (χ1n) is 6.38. The van der Waals surface area contributed by atoms with E-state index < -0.39 is 0 Å². The van der Waals surface area contributed by atoms with Crippen LogP contribution < -0.4 is 4.74 Å². The van der Waals surface area contributed by atoms with Gasteiger partial charge in [-0.3, -0.25) is 0 Å². The third-order valence-corrected chi connectivity index (χ3v) is 4.63. The van der Waals surface area contributed by atoms with Gasteiger partial charge in [-0.05, 0) is 59.8 Å². The fourth-order valence-electron chi connectivity index (χ4n) is 2.18. The van der Waals surface area contributed by atoms with Crippen LogP contribution in [0.2, 0.25) is 0 Å². The fourth-order valence-corrected chi connectivity index (χ4v) is 3.39. The molecule has 0 saturated carbocycles. The maximum absolute atomic E-state index is 5.67. The van der Waals surface area contributed by atoms with E-state index in [2.05, 4.69) is 44.0 Å². The van der Waals surface area contributed by atoms with Crippen LogP contribution in [0.4, 0.5) is 0 Å². The number of halogens is 2. The summed E-state index contributed by atoms with van der Waals surface area (Å²) in [5, 5.41) is 0. The average molecular weight is 378 g/mol. The Hall–Kier alpha value is -0.0600. The summed E-state index contributed by atoms with van der Waals surface area (Å²) in [5.74, 6) is 0.901. The minimum Gasteiger partial charge on any atom is -0.493 e. The molecule has 0 bridgehead atoms. The van der Waals surface area contributed by atoms with Gasteiger partial charge in [0.05, 0.1) is 17.2 Å². The Morgan fingerprint density at radius 3 is 2.94 bits per heavy atom. The fraction of sp³-hybridized carbons (Fsp3) is 0.571. The van der Waals surface area contributed by atoms with Gasteiger partial charge in [0.15, 0.2) is 0 Å². The zero-order chi connectivity index (χ0) is 13.0. The molecule has 100 valence electrons. The first kappa shape index (κ1) is 14.4. The Bertz CT molecular complexity index is 389. The number of benzene rings is 1. The molecule has 1 aliphatic heterocycles. The molecule has 4 heteroatoms. The van der Waals surface area contributed by atoms with Gasteiger partial charge >= 0.3 is 0 Å². The normalized spacial score (nSPS) is 20.9. The third-order valence-electron chi connectivity index (χ3n) is 3.11. The van der Waals surface area contributed by atoms with E-state index in [1.54, 1.807) is 0 Å². The number of hydrogen-bond acceptors (Lipinski definition) is 2. The van der Waals surface area contributed by atoms with E-state index in [1.807, 2.05) is 13.0 Å². The van der Waals surface area contributed by atoms with E-state index in [0.717, 1.165) is 23.2 Å². The molecule has 2 nitrogen and oxygen atoms in total. The summed E-state index contributed by atoms with van der Waals surface area (Å²) in [7, 11) is 0. The van der Waals surface area contributed by atoms with Crippen molar-refractivity contribution in [3.05, 3.63) is 28.2 Å². The lowest BCUT2D eigenvalue weighted by molar-refractivity contribution is 0.104. The van der Waals surface area contributed by atoms with Crippen LogP contribution in [0.25, 0.3) is 0 Å². The second kappa shape index (κ2) is 6.92. The maximum atomic E-state index is 5.67. The average Bonchev–Trinajstić information content (AvgIpc) is 2.84. The van der Waals surface area contributed by atoms with E-state index in [9.17, 15) is 0 Å². The minimum atomic E-state index is 0.340. The summed E-state index contributed by atoms with van der Waals surface area (Å²) >= 11 is 7.30. The molecule has 1 heterocycles. The maximum Gasteiger partial charge on any atom is 0.133 e. The summed E-state index contributed by atoms with van der Waals surface area (Å²) in [5.41, 5.74) is 1.26. The van der Waals surface area contributed by atoms with Gasteiger partial charge in [-0.25, -0.2) is 0 Å². The summed E-state index contributed by atoms with van der Waals surface area (Å²) < 4.78 is 12.2.